The molecule has 0 saturated carbocycles. The van der Waals surface area contributed by atoms with Crippen molar-refractivity contribution in [2.24, 2.45) is 0 Å². The zero-order valence-corrected chi connectivity index (χ0v) is 16.2. The number of benzene rings is 2. The minimum atomic E-state index is 0.380. The molecule has 1 heterocycles. The van der Waals surface area contributed by atoms with Crippen LogP contribution < -0.4 is 9.80 Å². The van der Waals surface area contributed by atoms with E-state index in [4.69, 9.17) is 0 Å². The maximum Gasteiger partial charge on any atom is 0.0988 e. The van der Waals surface area contributed by atoms with Gasteiger partial charge in [-0.05, 0) is 70.7 Å². The first-order chi connectivity index (χ1) is 11.3. The Hall–Kier alpha value is -1.96. The van der Waals surface area contributed by atoms with E-state index >= 15 is 0 Å². The second-order valence-electron chi connectivity index (χ2n) is 7.51. The van der Waals surface area contributed by atoms with E-state index in [1.807, 2.05) is 0 Å². The fourth-order valence-corrected chi connectivity index (χ4v) is 4.61. The Morgan fingerprint density at radius 1 is 0.625 bits per heavy atom. The Morgan fingerprint density at radius 2 is 0.917 bits per heavy atom. The van der Waals surface area contributed by atoms with Gasteiger partial charge in [-0.2, -0.15) is 0 Å². The maximum atomic E-state index is 2.57. The molecule has 1 aliphatic heterocycles. The summed E-state index contributed by atoms with van der Waals surface area (Å²) < 4.78 is 0. The number of anilines is 2. The van der Waals surface area contributed by atoms with Gasteiger partial charge in [-0.15, -0.1) is 0 Å². The molecule has 2 nitrogen and oxygen atoms in total. The highest BCUT2D eigenvalue weighted by Gasteiger charge is 2.31. The first-order valence-corrected chi connectivity index (χ1v) is 8.98. The summed E-state index contributed by atoms with van der Waals surface area (Å²) in [5, 5.41) is 0. The summed E-state index contributed by atoms with van der Waals surface area (Å²) in [7, 11) is 0. The van der Waals surface area contributed by atoms with E-state index in [2.05, 4.69) is 82.5 Å². The first kappa shape index (κ1) is 16.9. The molecule has 0 amide bonds. The molecule has 0 aliphatic carbocycles. The third-order valence-electron chi connectivity index (χ3n) is 5.33. The van der Waals surface area contributed by atoms with E-state index in [9.17, 15) is 0 Å². The lowest BCUT2D eigenvalue weighted by Crippen LogP contribution is -2.37. The van der Waals surface area contributed by atoms with Crippen LogP contribution in [0.4, 0.5) is 11.4 Å². The Balaban J connectivity index is 1.99. The monoisotopic (exact) mass is 322 g/mol. The lowest BCUT2D eigenvalue weighted by molar-refractivity contribution is 0.726. The zero-order chi connectivity index (χ0) is 17.6. The van der Waals surface area contributed by atoms with Gasteiger partial charge in [0.1, 0.15) is 0 Å². The van der Waals surface area contributed by atoms with E-state index in [-0.39, 0.29) is 0 Å². The minimum Gasteiger partial charge on any atom is -0.349 e. The van der Waals surface area contributed by atoms with E-state index in [1.54, 1.807) is 0 Å². The predicted molar refractivity (Wildman–Crippen MR) is 105 cm³/mol. The molecule has 2 aromatic carbocycles. The minimum absolute atomic E-state index is 0.380. The van der Waals surface area contributed by atoms with Crippen molar-refractivity contribution < 1.29 is 0 Å². The number of nitrogens with zero attached hydrogens (tertiary/aromatic N) is 2. The second kappa shape index (κ2) is 6.16. The van der Waals surface area contributed by atoms with Gasteiger partial charge in [-0.1, -0.05) is 35.4 Å². The van der Waals surface area contributed by atoms with Gasteiger partial charge < -0.3 is 9.80 Å². The van der Waals surface area contributed by atoms with Crippen LogP contribution >= 0.6 is 0 Å². The van der Waals surface area contributed by atoms with Crippen LogP contribution in [0.5, 0.6) is 0 Å². The standard InChI is InChI=1S/C22H30N2/c1-14-10-16(3)21(17(4)11-14)23-8-9-24(20(23)7)22-18(5)12-15(2)13-19(22)6/h10-13,20H,8-9H2,1-7H3. The lowest BCUT2D eigenvalue weighted by Gasteiger charge is -2.33. The fraction of sp³-hybridized carbons (Fsp3) is 0.455. The van der Waals surface area contributed by atoms with Gasteiger partial charge in [0, 0.05) is 24.5 Å². The van der Waals surface area contributed by atoms with Crippen LogP contribution in [0.15, 0.2) is 24.3 Å². The first-order valence-electron chi connectivity index (χ1n) is 8.98. The SMILES string of the molecule is Cc1cc(C)c(N2CCN(c3c(C)cc(C)cc3C)C2C)c(C)c1. The van der Waals surface area contributed by atoms with Gasteiger partial charge >= 0.3 is 0 Å². The largest absolute Gasteiger partial charge is 0.349 e. The molecule has 1 aliphatic rings. The molecule has 0 radical (unpaired) electrons. The zero-order valence-electron chi connectivity index (χ0n) is 16.2. The van der Waals surface area contributed by atoms with Gasteiger partial charge in [0.05, 0.1) is 6.17 Å². The summed E-state index contributed by atoms with van der Waals surface area (Å²) in [5.74, 6) is 0. The van der Waals surface area contributed by atoms with Gasteiger partial charge in [-0.25, -0.2) is 0 Å². The van der Waals surface area contributed by atoms with E-state index in [0.29, 0.717) is 6.17 Å². The summed E-state index contributed by atoms with van der Waals surface area (Å²) in [4.78, 5) is 5.14. The second-order valence-corrected chi connectivity index (χ2v) is 7.51. The Labute approximate surface area is 147 Å². The number of hydrogen-bond donors (Lipinski definition) is 0. The highest BCUT2D eigenvalue weighted by atomic mass is 15.4. The van der Waals surface area contributed by atoms with Crippen LogP contribution in [0, 0.1) is 41.5 Å². The van der Waals surface area contributed by atoms with Gasteiger partial charge in [0.2, 0.25) is 0 Å². The molecule has 0 aromatic heterocycles. The smallest absolute Gasteiger partial charge is 0.0988 e. The Kier molecular flexibility index (Phi) is 4.33. The molecule has 0 N–H and O–H groups in total. The summed E-state index contributed by atoms with van der Waals surface area (Å²) in [5.41, 5.74) is 11.1. The molecule has 1 saturated heterocycles. The topological polar surface area (TPSA) is 6.48 Å². The van der Waals surface area contributed by atoms with E-state index in [0.717, 1.165) is 13.1 Å². The quantitative estimate of drug-likeness (QED) is 0.749. The third kappa shape index (κ3) is 2.79. The highest BCUT2D eigenvalue weighted by Crippen LogP contribution is 2.36. The summed E-state index contributed by atoms with van der Waals surface area (Å²) in [6.07, 6.45) is 0.380. The van der Waals surface area contributed by atoms with Crippen LogP contribution in [0.2, 0.25) is 0 Å². The number of aryl methyl sites for hydroxylation is 6. The van der Waals surface area contributed by atoms with Crippen LogP contribution in [0.25, 0.3) is 0 Å². The average molecular weight is 322 g/mol. The molecule has 24 heavy (non-hydrogen) atoms. The normalized spacial score (nSPS) is 15.5. The van der Waals surface area contributed by atoms with Crippen molar-refractivity contribution in [2.45, 2.75) is 54.6 Å². The van der Waals surface area contributed by atoms with Crippen molar-refractivity contribution in [3.63, 3.8) is 0 Å². The van der Waals surface area contributed by atoms with E-state index in [1.165, 1.54) is 44.8 Å². The molecule has 0 atom stereocenters. The molecule has 0 spiro atoms. The molecule has 0 unspecified atom stereocenters. The summed E-state index contributed by atoms with van der Waals surface area (Å²) in [6.45, 7) is 17.8. The molecular formula is C22H30N2. The Bertz CT molecular complexity index is 664. The Morgan fingerprint density at radius 3 is 1.21 bits per heavy atom. The van der Waals surface area contributed by atoms with Crippen molar-refractivity contribution in [2.75, 3.05) is 22.9 Å². The summed E-state index contributed by atoms with van der Waals surface area (Å²) >= 11 is 0. The van der Waals surface area contributed by atoms with Crippen LogP contribution in [0.3, 0.4) is 0 Å². The molecule has 2 heteroatoms. The molecule has 3 rings (SSSR count). The van der Waals surface area contributed by atoms with Crippen molar-refractivity contribution in [3.05, 3.63) is 57.6 Å². The molecular weight excluding hydrogens is 292 g/mol. The molecule has 128 valence electrons. The van der Waals surface area contributed by atoms with Crippen molar-refractivity contribution in [1.82, 2.24) is 0 Å². The fourth-order valence-electron chi connectivity index (χ4n) is 4.61. The van der Waals surface area contributed by atoms with Crippen LogP contribution in [-0.2, 0) is 0 Å². The van der Waals surface area contributed by atoms with Gasteiger partial charge in [-0.3, -0.25) is 0 Å². The lowest BCUT2D eigenvalue weighted by atomic mass is 10.0. The summed E-state index contributed by atoms with van der Waals surface area (Å²) in [6, 6.07) is 9.22. The van der Waals surface area contributed by atoms with Gasteiger partial charge in [0.25, 0.3) is 0 Å². The van der Waals surface area contributed by atoms with Crippen molar-refractivity contribution in [3.8, 4) is 0 Å². The van der Waals surface area contributed by atoms with Crippen molar-refractivity contribution >= 4 is 11.4 Å². The van der Waals surface area contributed by atoms with E-state index < -0.39 is 0 Å². The average Bonchev–Trinajstić information content (AvgIpc) is 2.79. The number of hydrogen-bond acceptors (Lipinski definition) is 2. The molecule has 1 fully saturated rings. The predicted octanol–water partition coefficient (Wildman–Crippen LogP) is 5.21. The molecule has 0 bridgehead atoms. The van der Waals surface area contributed by atoms with Gasteiger partial charge in [0.15, 0.2) is 0 Å². The van der Waals surface area contributed by atoms with Crippen molar-refractivity contribution in [1.29, 1.82) is 0 Å². The third-order valence-corrected chi connectivity index (χ3v) is 5.33. The van der Waals surface area contributed by atoms with Crippen LogP contribution in [0.1, 0.15) is 40.3 Å². The molecule has 2 aromatic rings. The highest BCUT2D eigenvalue weighted by molar-refractivity contribution is 5.67. The van der Waals surface area contributed by atoms with Crippen LogP contribution in [-0.4, -0.2) is 19.3 Å². The number of rotatable bonds is 2. The maximum absolute atomic E-state index is 2.57.